The summed E-state index contributed by atoms with van der Waals surface area (Å²) < 4.78 is 11.0. The van der Waals surface area contributed by atoms with E-state index >= 15 is 0 Å². The Labute approximate surface area is 151 Å². The van der Waals surface area contributed by atoms with Gasteiger partial charge in [-0.3, -0.25) is 9.59 Å². The molecule has 0 saturated heterocycles. The number of rotatable bonds is 4. The monoisotopic (exact) mass is 349 g/mol. The number of ether oxygens (including phenoxy) is 2. The second-order valence-corrected chi connectivity index (χ2v) is 6.78. The summed E-state index contributed by atoms with van der Waals surface area (Å²) in [5.41, 5.74) is 2.44. The molecule has 0 radical (unpaired) electrons. The number of allylic oxidation sites excluding steroid dienone is 1. The summed E-state index contributed by atoms with van der Waals surface area (Å²) in [4.78, 5) is 26.3. The van der Waals surface area contributed by atoms with Gasteiger partial charge in [0.15, 0.2) is 5.76 Å². The molecule has 5 heteroatoms. The van der Waals surface area contributed by atoms with Crippen LogP contribution < -0.4 is 14.4 Å². The largest absolute Gasteiger partial charge is 0.452 e. The minimum Gasteiger partial charge on any atom is -0.452 e. The molecular formula is C21H19NO4. The van der Waals surface area contributed by atoms with Gasteiger partial charge in [0.1, 0.15) is 11.5 Å². The standard InChI is InChI=1S/C21H19NO4/c1-22(2)15-7-3-13(4-8-15)11-19-20(23)17-10-9-16(12-18(17)26-19)25-21(24)14-5-6-14/h3-4,7-12,14H,5-6H2,1-2H3/b19-11-. The van der Waals surface area contributed by atoms with Gasteiger partial charge in [-0.1, -0.05) is 12.1 Å². The number of nitrogens with zero attached hydrogens (tertiary/aromatic N) is 1. The Balaban J connectivity index is 1.54. The number of fused-ring (bicyclic) bond motifs is 1. The van der Waals surface area contributed by atoms with E-state index in [9.17, 15) is 9.59 Å². The molecule has 4 rings (SSSR count). The van der Waals surface area contributed by atoms with E-state index in [4.69, 9.17) is 9.47 Å². The second-order valence-electron chi connectivity index (χ2n) is 6.78. The molecule has 5 nitrogen and oxygen atoms in total. The Kier molecular flexibility index (Phi) is 3.99. The van der Waals surface area contributed by atoms with Gasteiger partial charge in [0, 0.05) is 25.8 Å². The zero-order valence-corrected chi connectivity index (χ0v) is 14.7. The molecule has 0 atom stereocenters. The molecule has 0 unspecified atom stereocenters. The number of carbonyl (C=O) groups excluding carboxylic acids is 2. The van der Waals surface area contributed by atoms with E-state index in [1.54, 1.807) is 24.3 Å². The van der Waals surface area contributed by atoms with E-state index in [1.165, 1.54) is 0 Å². The second kappa shape index (κ2) is 6.33. The average molecular weight is 349 g/mol. The average Bonchev–Trinajstić information content (AvgIpc) is 3.42. The fourth-order valence-electron chi connectivity index (χ4n) is 2.77. The first kappa shape index (κ1) is 16.4. The summed E-state index contributed by atoms with van der Waals surface area (Å²) in [6.45, 7) is 0. The molecule has 1 aliphatic carbocycles. The highest BCUT2D eigenvalue weighted by atomic mass is 16.5. The van der Waals surface area contributed by atoms with Crippen LogP contribution in [0.4, 0.5) is 5.69 Å². The molecule has 132 valence electrons. The molecule has 0 aromatic heterocycles. The van der Waals surface area contributed by atoms with Crippen molar-refractivity contribution in [1.29, 1.82) is 0 Å². The maximum atomic E-state index is 12.5. The Morgan fingerprint density at radius 1 is 1.15 bits per heavy atom. The highest BCUT2D eigenvalue weighted by Crippen LogP contribution is 2.36. The van der Waals surface area contributed by atoms with Gasteiger partial charge in [-0.2, -0.15) is 0 Å². The van der Waals surface area contributed by atoms with Crippen molar-refractivity contribution >= 4 is 23.5 Å². The van der Waals surface area contributed by atoms with Crippen molar-refractivity contribution < 1.29 is 19.1 Å². The lowest BCUT2D eigenvalue weighted by molar-refractivity contribution is -0.135. The summed E-state index contributed by atoms with van der Waals surface area (Å²) >= 11 is 0. The first-order chi connectivity index (χ1) is 12.5. The third-order valence-corrected chi connectivity index (χ3v) is 4.48. The topological polar surface area (TPSA) is 55.8 Å². The Hall–Kier alpha value is -3.08. The summed E-state index contributed by atoms with van der Waals surface area (Å²) in [5.74, 6) is 0.731. The van der Waals surface area contributed by atoms with Crippen molar-refractivity contribution in [3.8, 4) is 11.5 Å². The van der Waals surface area contributed by atoms with Crippen LogP contribution in [0.2, 0.25) is 0 Å². The first-order valence-corrected chi connectivity index (χ1v) is 8.58. The number of esters is 1. The van der Waals surface area contributed by atoms with Crippen LogP contribution in [0.5, 0.6) is 11.5 Å². The van der Waals surface area contributed by atoms with Crippen LogP contribution in [-0.2, 0) is 4.79 Å². The van der Waals surface area contributed by atoms with E-state index in [0.717, 1.165) is 24.1 Å². The number of anilines is 1. The van der Waals surface area contributed by atoms with Crippen molar-refractivity contribution in [2.75, 3.05) is 19.0 Å². The molecule has 2 aromatic rings. The summed E-state index contributed by atoms with van der Waals surface area (Å²) in [6, 6.07) is 12.7. The molecule has 2 aliphatic rings. The van der Waals surface area contributed by atoms with E-state index in [2.05, 4.69) is 0 Å². The zero-order valence-electron chi connectivity index (χ0n) is 14.7. The van der Waals surface area contributed by atoms with Gasteiger partial charge < -0.3 is 14.4 Å². The number of Topliss-reactive ketones (excluding diaryl/α,β-unsaturated/α-hetero) is 1. The van der Waals surface area contributed by atoms with Crippen LogP contribution in [0.15, 0.2) is 48.2 Å². The van der Waals surface area contributed by atoms with Crippen LogP contribution in [0.1, 0.15) is 28.8 Å². The molecule has 2 aromatic carbocycles. The fourth-order valence-corrected chi connectivity index (χ4v) is 2.77. The summed E-state index contributed by atoms with van der Waals surface area (Å²) in [7, 11) is 3.95. The highest BCUT2D eigenvalue weighted by Gasteiger charge is 2.32. The lowest BCUT2D eigenvalue weighted by atomic mass is 10.1. The minimum atomic E-state index is -0.217. The molecule has 26 heavy (non-hydrogen) atoms. The Morgan fingerprint density at radius 3 is 2.54 bits per heavy atom. The molecule has 0 amide bonds. The van der Waals surface area contributed by atoms with Crippen molar-refractivity contribution in [3.63, 3.8) is 0 Å². The number of carbonyl (C=O) groups is 2. The van der Waals surface area contributed by atoms with Crippen LogP contribution in [-0.4, -0.2) is 25.8 Å². The molecule has 1 fully saturated rings. The first-order valence-electron chi connectivity index (χ1n) is 8.58. The Bertz CT molecular complexity index is 908. The molecule has 1 saturated carbocycles. The SMILES string of the molecule is CN(C)c1ccc(/C=C2\Oc3cc(OC(=O)C4CC4)ccc3C2=O)cc1. The van der Waals surface area contributed by atoms with Gasteiger partial charge in [0.25, 0.3) is 0 Å². The highest BCUT2D eigenvalue weighted by molar-refractivity contribution is 6.14. The smallest absolute Gasteiger partial charge is 0.314 e. The maximum absolute atomic E-state index is 12.5. The Morgan fingerprint density at radius 2 is 1.88 bits per heavy atom. The fraction of sp³-hybridized carbons (Fsp3) is 0.238. The van der Waals surface area contributed by atoms with Gasteiger partial charge in [0.2, 0.25) is 5.78 Å². The molecule has 0 N–H and O–H groups in total. The predicted octanol–water partition coefficient (Wildman–Crippen LogP) is 3.68. The van der Waals surface area contributed by atoms with Gasteiger partial charge in [-0.05, 0) is 48.7 Å². The molecule has 0 bridgehead atoms. The van der Waals surface area contributed by atoms with E-state index in [0.29, 0.717) is 17.1 Å². The number of hydrogen-bond donors (Lipinski definition) is 0. The molecule has 1 heterocycles. The van der Waals surface area contributed by atoms with Crippen molar-refractivity contribution in [3.05, 3.63) is 59.4 Å². The van der Waals surface area contributed by atoms with Gasteiger partial charge in [-0.15, -0.1) is 0 Å². The third-order valence-electron chi connectivity index (χ3n) is 4.48. The molecule has 0 spiro atoms. The molecule has 1 aliphatic heterocycles. The van der Waals surface area contributed by atoms with E-state index in [1.807, 2.05) is 43.3 Å². The van der Waals surface area contributed by atoms with Crippen LogP contribution >= 0.6 is 0 Å². The lowest BCUT2D eigenvalue weighted by Crippen LogP contribution is -2.09. The van der Waals surface area contributed by atoms with Crippen LogP contribution in [0.3, 0.4) is 0 Å². The van der Waals surface area contributed by atoms with E-state index < -0.39 is 0 Å². The van der Waals surface area contributed by atoms with Crippen LogP contribution in [0, 0.1) is 5.92 Å². The summed E-state index contributed by atoms with van der Waals surface area (Å²) in [5, 5.41) is 0. The molecular weight excluding hydrogens is 330 g/mol. The van der Waals surface area contributed by atoms with Crippen LogP contribution in [0.25, 0.3) is 6.08 Å². The lowest BCUT2D eigenvalue weighted by Gasteiger charge is -2.11. The minimum absolute atomic E-state index is 0.0198. The number of benzene rings is 2. The van der Waals surface area contributed by atoms with Crippen molar-refractivity contribution in [1.82, 2.24) is 0 Å². The maximum Gasteiger partial charge on any atom is 0.314 e. The quantitative estimate of drug-likeness (QED) is 0.479. The zero-order chi connectivity index (χ0) is 18.3. The van der Waals surface area contributed by atoms with Crippen molar-refractivity contribution in [2.24, 2.45) is 5.92 Å². The van der Waals surface area contributed by atoms with E-state index in [-0.39, 0.29) is 23.4 Å². The number of hydrogen-bond acceptors (Lipinski definition) is 5. The normalized spacial score (nSPS) is 17.0. The van der Waals surface area contributed by atoms with Gasteiger partial charge in [0.05, 0.1) is 11.5 Å². The van der Waals surface area contributed by atoms with Gasteiger partial charge >= 0.3 is 5.97 Å². The predicted molar refractivity (Wildman–Crippen MR) is 98.5 cm³/mol. The third kappa shape index (κ3) is 3.20. The summed E-state index contributed by atoms with van der Waals surface area (Å²) in [6.07, 6.45) is 3.49. The number of ketones is 1. The van der Waals surface area contributed by atoms with Gasteiger partial charge in [-0.25, -0.2) is 0 Å². The van der Waals surface area contributed by atoms with Crippen molar-refractivity contribution in [2.45, 2.75) is 12.8 Å².